The molecule has 2 amide bonds. The van der Waals surface area contributed by atoms with Gasteiger partial charge in [0, 0.05) is 55.9 Å². The molecule has 1 aromatic heterocycles. The summed E-state index contributed by atoms with van der Waals surface area (Å²) in [5.41, 5.74) is 2.08. The zero-order valence-corrected chi connectivity index (χ0v) is 20.1. The lowest BCUT2D eigenvalue weighted by Gasteiger charge is -2.34. The summed E-state index contributed by atoms with van der Waals surface area (Å²) < 4.78 is 5.38. The van der Waals surface area contributed by atoms with Crippen LogP contribution in [0.5, 0.6) is 0 Å². The highest BCUT2D eigenvalue weighted by Crippen LogP contribution is 2.17. The number of hydrogen-bond donors (Lipinski definition) is 1. The first kappa shape index (κ1) is 25.0. The average molecular weight is 493 g/mol. The van der Waals surface area contributed by atoms with Crippen LogP contribution in [0.1, 0.15) is 28.2 Å². The van der Waals surface area contributed by atoms with Crippen LogP contribution in [0.2, 0.25) is 0 Å². The van der Waals surface area contributed by atoms with Crippen molar-refractivity contribution in [3.63, 3.8) is 0 Å². The maximum Gasteiger partial charge on any atom is 0.270 e. The highest BCUT2D eigenvalue weighted by Gasteiger charge is 2.22. The van der Waals surface area contributed by atoms with E-state index in [9.17, 15) is 19.7 Å². The first-order chi connectivity index (χ1) is 17.4. The van der Waals surface area contributed by atoms with Crippen LogP contribution in [0.25, 0.3) is 11.4 Å². The standard InChI is InChI=1S/C25H28N6O5/c1-18-7-9-19(10-8-18)24-27-22(36-28-24)6-3-11-29-12-14-30(15-13-29)23(32)17-26-25(33)20-4-2-5-21(16-20)31(34)35/h2,4-5,7-10,16H,3,6,11-15,17H2,1H3,(H,26,33). The molecular weight excluding hydrogens is 464 g/mol. The number of carbonyl (C=O) groups is 2. The Kier molecular flexibility index (Phi) is 8.01. The summed E-state index contributed by atoms with van der Waals surface area (Å²) in [6.45, 7) is 5.36. The van der Waals surface area contributed by atoms with Crippen LogP contribution in [-0.4, -0.2) is 75.9 Å². The Morgan fingerprint density at radius 2 is 1.86 bits per heavy atom. The van der Waals surface area contributed by atoms with Crippen molar-refractivity contribution >= 4 is 17.5 Å². The average Bonchev–Trinajstić information content (AvgIpc) is 3.37. The lowest BCUT2D eigenvalue weighted by molar-refractivity contribution is -0.384. The molecule has 0 bridgehead atoms. The lowest BCUT2D eigenvalue weighted by atomic mass is 10.1. The van der Waals surface area contributed by atoms with E-state index in [-0.39, 0.29) is 23.7 Å². The Bertz CT molecular complexity index is 1220. The van der Waals surface area contributed by atoms with Crippen LogP contribution < -0.4 is 5.32 Å². The smallest absolute Gasteiger partial charge is 0.270 e. The summed E-state index contributed by atoms with van der Waals surface area (Å²) in [4.78, 5) is 43.6. The monoisotopic (exact) mass is 492 g/mol. The number of amides is 2. The van der Waals surface area contributed by atoms with Gasteiger partial charge in [0.15, 0.2) is 0 Å². The predicted molar refractivity (Wildman–Crippen MR) is 131 cm³/mol. The second-order valence-electron chi connectivity index (χ2n) is 8.69. The van der Waals surface area contributed by atoms with Gasteiger partial charge in [-0.15, -0.1) is 0 Å². The quantitative estimate of drug-likeness (QED) is 0.356. The molecule has 4 rings (SSSR count). The van der Waals surface area contributed by atoms with Crippen LogP contribution in [0.15, 0.2) is 53.1 Å². The number of carbonyl (C=O) groups excluding carboxylic acids is 2. The molecule has 2 heterocycles. The van der Waals surface area contributed by atoms with E-state index < -0.39 is 10.8 Å². The Balaban J connectivity index is 1.16. The Labute approximate surface area is 208 Å². The van der Waals surface area contributed by atoms with Crippen LogP contribution in [-0.2, 0) is 11.2 Å². The molecule has 11 heteroatoms. The Morgan fingerprint density at radius 3 is 2.58 bits per heavy atom. The van der Waals surface area contributed by atoms with E-state index in [2.05, 4.69) is 20.4 Å². The van der Waals surface area contributed by atoms with Gasteiger partial charge in [-0.05, 0) is 26.0 Å². The van der Waals surface area contributed by atoms with Gasteiger partial charge in [-0.1, -0.05) is 41.1 Å². The number of nitrogens with zero attached hydrogens (tertiary/aromatic N) is 5. The molecule has 1 N–H and O–H groups in total. The van der Waals surface area contributed by atoms with Crippen LogP contribution in [0, 0.1) is 17.0 Å². The summed E-state index contributed by atoms with van der Waals surface area (Å²) in [5.74, 6) is 0.508. The number of nitrogens with one attached hydrogen (secondary N) is 1. The maximum atomic E-state index is 12.5. The Hall–Kier alpha value is -4.12. The number of nitro benzene ring substituents is 1. The van der Waals surface area contributed by atoms with E-state index in [0.29, 0.717) is 31.2 Å². The van der Waals surface area contributed by atoms with Crippen LogP contribution in [0.4, 0.5) is 5.69 Å². The fraction of sp³-hybridized carbons (Fsp3) is 0.360. The number of non-ortho nitro benzene ring substituents is 1. The van der Waals surface area contributed by atoms with Gasteiger partial charge in [0.25, 0.3) is 11.6 Å². The largest absolute Gasteiger partial charge is 0.343 e. The molecule has 11 nitrogen and oxygen atoms in total. The third-order valence-electron chi connectivity index (χ3n) is 6.09. The SMILES string of the molecule is Cc1ccc(-c2noc(CCCN3CCN(C(=O)CNC(=O)c4cccc([N+](=O)[O-])c4)CC3)n2)cc1. The van der Waals surface area contributed by atoms with Crippen molar-refractivity contribution in [2.75, 3.05) is 39.3 Å². The second-order valence-corrected chi connectivity index (χ2v) is 8.69. The van der Waals surface area contributed by atoms with E-state index in [0.717, 1.165) is 31.6 Å². The van der Waals surface area contributed by atoms with E-state index in [1.54, 1.807) is 4.90 Å². The van der Waals surface area contributed by atoms with Crippen LogP contribution in [0.3, 0.4) is 0 Å². The second kappa shape index (κ2) is 11.5. The van der Waals surface area contributed by atoms with Crippen molar-refractivity contribution in [1.29, 1.82) is 0 Å². The highest BCUT2D eigenvalue weighted by molar-refractivity contribution is 5.97. The minimum absolute atomic E-state index is 0.147. The predicted octanol–water partition coefficient (Wildman–Crippen LogP) is 2.46. The number of piperazine rings is 1. The molecule has 1 fully saturated rings. The van der Waals surface area contributed by atoms with E-state index in [4.69, 9.17) is 4.52 Å². The molecule has 0 unspecified atom stereocenters. The van der Waals surface area contributed by atoms with Gasteiger partial charge in [0.2, 0.25) is 17.6 Å². The van der Waals surface area contributed by atoms with Gasteiger partial charge >= 0.3 is 0 Å². The molecule has 3 aromatic rings. The third kappa shape index (κ3) is 6.51. The van der Waals surface area contributed by atoms with Gasteiger partial charge in [-0.3, -0.25) is 24.6 Å². The molecule has 0 aliphatic carbocycles. The van der Waals surface area contributed by atoms with Crippen molar-refractivity contribution in [1.82, 2.24) is 25.3 Å². The normalized spacial score (nSPS) is 14.0. The lowest BCUT2D eigenvalue weighted by Crippen LogP contribution is -2.51. The first-order valence-electron chi connectivity index (χ1n) is 11.8. The number of hydrogen-bond acceptors (Lipinski definition) is 8. The maximum absolute atomic E-state index is 12.5. The summed E-state index contributed by atoms with van der Waals surface area (Å²) in [7, 11) is 0. The van der Waals surface area contributed by atoms with Crippen molar-refractivity contribution < 1.29 is 19.0 Å². The highest BCUT2D eigenvalue weighted by atomic mass is 16.6. The summed E-state index contributed by atoms with van der Waals surface area (Å²) >= 11 is 0. The molecule has 0 atom stereocenters. The Morgan fingerprint density at radius 1 is 1.11 bits per heavy atom. The van der Waals surface area contributed by atoms with Crippen molar-refractivity contribution in [3.8, 4) is 11.4 Å². The third-order valence-corrected chi connectivity index (χ3v) is 6.09. The van der Waals surface area contributed by atoms with E-state index in [1.165, 1.54) is 29.8 Å². The van der Waals surface area contributed by atoms with Crippen molar-refractivity contribution in [3.05, 3.63) is 75.7 Å². The zero-order valence-electron chi connectivity index (χ0n) is 20.1. The number of rotatable bonds is 9. The molecule has 1 aliphatic rings. The molecule has 1 saturated heterocycles. The van der Waals surface area contributed by atoms with Gasteiger partial charge in [0.05, 0.1) is 11.5 Å². The molecule has 36 heavy (non-hydrogen) atoms. The molecule has 2 aromatic carbocycles. The fourth-order valence-corrected chi connectivity index (χ4v) is 3.98. The van der Waals surface area contributed by atoms with Gasteiger partial charge in [0.1, 0.15) is 0 Å². The molecule has 0 radical (unpaired) electrons. The molecular formula is C25H28N6O5. The van der Waals surface area contributed by atoms with Gasteiger partial charge in [-0.25, -0.2) is 0 Å². The number of benzene rings is 2. The van der Waals surface area contributed by atoms with Crippen molar-refractivity contribution in [2.45, 2.75) is 19.8 Å². The zero-order chi connectivity index (χ0) is 25.5. The minimum atomic E-state index is -0.563. The number of aromatic nitrogens is 2. The van der Waals surface area contributed by atoms with E-state index in [1.807, 2.05) is 31.2 Å². The number of nitro groups is 1. The van der Waals surface area contributed by atoms with Gasteiger partial charge in [-0.2, -0.15) is 4.98 Å². The topological polar surface area (TPSA) is 135 Å². The molecule has 1 aliphatic heterocycles. The summed E-state index contributed by atoms with van der Waals surface area (Å²) in [6.07, 6.45) is 1.55. The van der Waals surface area contributed by atoms with E-state index >= 15 is 0 Å². The molecule has 0 saturated carbocycles. The van der Waals surface area contributed by atoms with Crippen LogP contribution >= 0.6 is 0 Å². The van der Waals surface area contributed by atoms with Gasteiger partial charge < -0.3 is 14.7 Å². The van der Waals surface area contributed by atoms with Crippen molar-refractivity contribution in [2.24, 2.45) is 0 Å². The number of aryl methyl sites for hydroxylation is 2. The molecule has 0 spiro atoms. The fourth-order valence-electron chi connectivity index (χ4n) is 3.98. The first-order valence-corrected chi connectivity index (χ1v) is 11.8. The minimum Gasteiger partial charge on any atom is -0.343 e. The molecule has 188 valence electrons. The summed E-state index contributed by atoms with van der Waals surface area (Å²) in [5, 5.41) is 17.5. The summed E-state index contributed by atoms with van der Waals surface area (Å²) in [6, 6.07) is 13.4.